The van der Waals surface area contributed by atoms with Gasteiger partial charge < -0.3 is 9.84 Å². The Morgan fingerprint density at radius 2 is 0.854 bits per heavy atom. The summed E-state index contributed by atoms with van der Waals surface area (Å²) in [6.07, 6.45) is 51.6. The zero-order chi connectivity index (χ0) is 35.0. The van der Waals surface area contributed by atoms with Crippen LogP contribution in [0.3, 0.4) is 0 Å². The molecule has 4 nitrogen and oxygen atoms in total. The smallest absolute Gasteiger partial charge is 0.306 e. The van der Waals surface area contributed by atoms with Crippen molar-refractivity contribution < 1.29 is 19.4 Å². The van der Waals surface area contributed by atoms with Crippen molar-refractivity contribution in [3.05, 3.63) is 24.3 Å². The number of ether oxygens (including phenoxy) is 1. The molecule has 0 saturated heterocycles. The van der Waals surface area contributed by atoms with Crippen LogP contribution in [0.25, 0.3) is 0 Å². The Balaban J connectivity index is 3.41. The number of hydrogen-bond donors (Lipinski definition) is 1. The third-order valence-electron chi connectivity index (χ3n) is 9.75. The number of allylic oxidation sites excluding steroid dienone is 4. The molecule has 0 aromatic carbocycles. The average Bonchev–Trinajstić information content (AvgIpc) is 3.08. The van der Waals surface area contributed by atoms with Crippen LogP contribution in [0.5, 0.6) is 0 Å². The number of esters is 1. The van der Waals surface area contributed by atoms with Gasteiger partial charge in [0, 0.05) is 12.8 Å². The summed E-state index contributed by atoms with van der Waals surface area (Å²) in [5, 5.41) is 8.66. The van der Waals surface area contributed by atoms with E-state index in [1.54, 1.807) is 0 Å². The molecule has 4 heteroatoms. The van der Waals surface area contributed by atoms with Crippen LogP contribution >= 0.6 is 0 Å². The molecule has 0 heterocycles. The molecule has 0 aliphatic heterocycles. The van der Waals surface area contributed by atoms with Crippen LogP contribution in [0.2, 0.25) is 0 Å². The van der Waals surface area contributed by atoms with E-state index in [1.165, 1.54) is 167 Å². The van der Waals surface area contributed by atoms with Gasteiger partial charge in [-0.05, 0) is 64.2 Å². The van der Waals surface area contributed by atoms with Crippen LogP contribution in [0.15, 0.2) is 24.3 Å². The second-order valence-corrected chi connectivity index (χ2v) is 14.5. The first kappa shape index (κ1) is 46.4. The van der Waals surface area contributed by atoms with Gasteiger partial charge in [0.1, 0.15) is 6.10 Å². The minimum atomic E-state index is -0.666. The quantitative estimate of drug-likeness (QED) is 0.0400. The van der Waals surface area contributed by atoms with Crippen molar-refractivity contribution in [2.45, 2.75) is 245 Å². The highest BCUT2D eigenvalue weighted by Crippen LogP contribution is 2.17. The number of carbonyl (C=O) groups is 2. The van der Waals surface area contributed by atoms with Gasteiger partial charge in [-0.3, -0.25) is 9.59 Å². The number of rotatable bonds is 39. The normalized spacial score (nSPS) is 12.4. The van der Waals surface area contributed by atoms with E-state index < -0.39 is 5.97 Å². The molecule has 0 spiro atoms. The Morgan fingerprint density at radius 1 is 0.479 bits per heavy atom. The summed E-state index contributed by atoms with van der Waals surface area (Å²) in [6, 6.07) is 0. The molecule has 0 radical (unpaired) electrons. The monoisotopic (exact) mass is 675 g/mol. The summed E-state index contributed by atoms with van der Waals surface area (Å²) in [5.74, 6) is -0.647. The number of carboxylic acid groups (broad SMARTS) is 1. The van der Waals surface area contributed by atoms with E-state index in [1.807, 2.05) is 0 Å². The minimum absolute atomic E-state index is 0.0187. The molecule has 1 atom stereocenters. The van der Waals surface area contributed by atoms with E-state index in [0.717, 1.165) is 44.9 Å². The van der Waals surface area contributed by atoms with Crippen LogP contribution in [0.1, 0.15) is 239 Å². The second kappa shape index (κ2) is 39.9. The van der Waals surface area contributed by atoms with Gasteiger partial charge in [0.05, 0.1) is 0 Å². The Kier molecular flexibility index (Phi) is 38.5. The molecular weight excluding hydrogens is 592 g/mol. The Morgan fingerprint density at radius 3 is 1.27 bits per heavy atom. The number of hydrogen-bond acceptors (Lipinski definition) is 3. The number of carboxylic acids is 1. The highest BCUT2D eigenvalue weighted by molar-refractivity contribution is 5.69. The fourth-order valence-electron chi connectivity index (χ4n) is 6.50. The van der Waals surface area contributed by atoms with Gasteiger partial charge in [-0.15, -0.1) is 0 Å². The molecule has 0 aliphatic rings. The van der Waals surface area contributed by atoms with Gasteiger partial charge in [0.2, 0.25) is 0 Å². The van der Waals surface area contributed by atoms with Gasteiger partial charge in [-0.25, -0.2) is 0 Å². The fraction of sp³-hybridized carbons (Fsp3) is 0.864. The van der Waals surface area contributed by atoms with Crippen molar-refractivity contribution in [1.82, 2.24) is 0 Å². The van der Waals surface area contributed by atoms with Gasteiger partial charge in [0.25, 0.3) is 0 Å². The molecule has 1 N–H and O–H groups in total. The van der Waals surface area contributed by atoms with Crippen molar-refractivity contribution in [2.24, 2.45) is 0 Å². The third-order valence-corrected chi connectivity index (χ3v) is 9.75. The van der Waals surface area contributed by atoms with Crippen molar-refractivity contribution in [3.8, 4) is 0 Å². The van der Waals surface area contributed by atoms with Crippen LogP contribution in [-0.4, -0.2) is 23.1 Å². The van der Waals surface area contributed by atoms with E-state index in [-0.39, 0.29) is 12.1 Å². The van der Waals surface area contributed by atoms with Gasteiger partial charge in [-0.1, -0.05) is 186 Å². The summed E-state index contributed by atoms with van der Waals surface area (Å²) in [5.41, 5.74) is 0. The van der Waals surface area contributed by atoms with Crippen molar-refractivity contribution >= 4 is 11.9 Å². The van der Waals surface area contributed by atoms with Crippen LogP contribution < -0.4 is 0 Å². The van der Waals surface area contributed by atoms with Crippen molar-refractivity contribution in [1.29, 1.82) is 0 Å². The molecule has 0 saturated carbocycles. The molecule has 1 unspecified atom stereocenters. The summed E-state index contributed by atoms with van der Waals surface area (Å²) >= 11 is 0. The predicted octanol–water partition coefficient (Wildman–Crippen LogP) is 14.8. The first-order valence-electron chi connectivity index (χ1n) is 21.3. The molecule has 282 valence electrons. The molecule has 48 heavy (non-hydrogen) atoms. The molecular formula is C44H82O4. The van der Waals surface area contributed by atoms with Crippen LogP contribution in [0, 0.1) is 0 Å². The Bertz CT molecular complexity index is 727. The van der Waals surface area contributed by atoms with E-state index in [2.05, 4.69) is 38.2 Å². The van der Waals surface area contributed by atoms with Crippen LogP contribution in [0.4, 0.5) is 0 Å². The maximum Gasteiger partial charge on any atom is 0.306 e. The summed E-state index contributed by atoms with van der Waals surface area (Å²) in [6.45, 7) is 4.40. The molecule has 0 aromatic rings. The number of aliphatic carboxylic acids is 1. The highest BCUT2D eigenvalue weighted by atomic mass is 16.5. The fourth-order valence-corrected chi connectivity index (χ4v) is 6.50. The van der Waals surface area contributed by atoms with E-state index >= 15 is 0 Å². The minimum Gasteiger partial charge on any atom is -0.481 e. The Labute approximate surface area is 299 Å². The Hall–Kier alpha value is -1.58. The third kappa shape index (κ3) is 38.9. The maximum atomic E-state index is 12.3. The van der Waals surface area contributed by atoms with E-state index in [0.29, 0.717) is 12.8 Å². The van der Waals surface area contributed by atoms with E-state index in [4.69, 9.17) is 9.84 Å². The zero-order valence-electron chi connectivity index (χ0n) is 32.3. The molecule has 0 bridgehead atoms. The lowest BCUT2D eigenvalue weighted by Gasteiger charge is -2.16. The van der Waals surface area contributed by atoms with Crippen molar-refractivity contribution in [3.63, 3.8) is 0 Å². The first-order chi connectivity index (χ1) is 23.6. The number of carbonyl (C=O) groups excluding carboxylic acids is 1. The van der Waals surface area contributed by atoms with Crippen molar-refractivity contribution in [2.75, 3.05) is 0 Å². The molecule has 0 fully saturated rings. The molecule has 0 aliphatic carbocycles. The lowest BCUT2D eigenvalue weighted by Crippen LogP contribution is -2.17. The lowest BCUT2D eigenvalue weighted by molar-refractivity contribution is -0.149. The number of unbranched alkanes of at least 4 members (excludes halogenated alkanes) is 27. The largest absolute Gasteiger partial charge is 0.481 e. The topological polar surface area (TPSA) is 63.6 Å². The predicted molar refractivity (Wildman–Crippen MR) is 209 cm³/mol. The molecule has 0 aromatic heterocycles. The first-order valence-corrected chi connectivity index (χ1v) is 21.3. The maximum absolute atomic E-state index is 12.3. The zero-order valence-corrected chi connectivity index (χ0v) is 32.3. The summed E-state index contributed by atoms with van der Waals surface area (Å²) < 4.78 is 5.80. The van der Waals surface area contributed by atoms with Gasteiger partial charge >= 0.3 is 11.9 Å². The van der Waals surface area contributed by atoms with Gasteiger partial charge in [0.15, 0.2) is 0 Å². The summed E-state index contributed by atoms with van der Waals surface area (Å²) in [7, 11) is 0. The van der Waals surface area contributed by atoms with Crippen LogP contribution in [-0.2, 0) is 14.3 Å². The van der Waals surface area contributed by atoms with Gasteiger partial charge in [-0.2, -0.15) is 0 Å². The molecule has 0 rings (SSSR count). The summed E-state index contributed by atoms with van der Waals surface area (Å²) in [4.78, 5) is 22.9. The molecule has 0 amide bonds. The lowest BCUT2D eigenvalue weighted by atomic mass is 10.0. The second-order valence-electron chi connectivity index (χ2n) is 14.5. The SMILES string of the molecule is CCCCC/C=C\C/C=C\CCCCCCCCCCCCCC(=O)OC(CC)CCCCCCCCCCCCCCCCC(=O)O. The average molecular weight is 675 g/mol. The standard InChI is InChI=1S/C44H82O4/c1-3-5-6-7-8-9-10-11-12-13-14-15-16-17-18-23-26-29-32-35-38-41-44(47)48-42(4-2)39-36-33-30-27-24-21-19-20-22-25-28-31-34-37-40-43(45)46/h8-9,11-12,42H,3-7,10,13-41H2,1-2H3,(H,45,46)/b9-8-,12-11-. The van der Waals surface area contributed by atoms with E-state index in [9.17, 15) is 9.59 Å². The highest BCUT2D eigenvalue weighted by Gasteiger charge is 2.12.